The molecule has 0 saturated carbocycles. The lowest BCUT2D eigenvalue weighted by atomic mass is 9.91. The minimum Gasteiger partial charge on any atom is -0.493 e. The van der Waals surface area contributed by atoms with Gasteiger partial charge in [-0.2, -0.15) is 0 Å². The van der Waals surface area contributed by atoms with Crippen molar-refractivity contribution in [2.24, 2.45) is 0 Å². The first-order valence-electron chi connectivity index (χ1n) is 8.44. The van der Waals surface area contributed by atoms with Gasteiger partial charge in [-0.3, -0.25) is 9.69 Å². The summed E-state index contributed by atoms with van der Waals surface area (Å²) in [5.41, 5.74) is 1.76. The number of hydrogen-bond acceptors (Lipinski definition) is 5. The van der Waals surface area contributed by atoms with Crippen molar-refractivity contribution in [3.05, 3.63) is 23.3 Å². The molecule has 0 radical (unpaired) electrons. The number of methoxy groups -OCH3 is 2. The maximum atomic E-state index is 12.4. The predicted molar refractivity (Wildman–Crippen MR) is 90.3 cm³/mol. The number of hydrogen-bond donors (Lipinski definition) is 1. The van der Waals surface area contributed by atoms with Crippen LogP contribution in [0, 0.1) is 0 Å². The molecule has 132 valence electrons. The summed E-state index contributed by atoms with van der Waals surface area (Å²) in [6, 6.07) is 4.04. The van der Waals surface area contributed by atoms with Crippen LogP contribution in [0.3, 0.4) is 0 Å². The van der Waals surface area contributed by atoms with Gasteiger partial charge in [0.25, 0.3) is 0 Å². The molecule has 1 N–H and O–H groups in total. The Bertz CT molecular complexity index is 626. The van der Waals surface area contributed by atoms with Crippen molar-refractivity contribution in [3.8, 4) is 11.5 Å². The third kappa shape index (κ3) is 3.21. The molecule has 6 nitrogen and oxygen atoms in total. The van der Waals surface area contributed by atoms with Crippen molar-refractivity contribution in [2.45, 2.75) is 31.9 Å². The lowest BCUT2D eigenvalue weighted by Gasteiger charge is -2.46. The fourth-order valence-electron chi connectivity index (χ4n) is 3.43. The van der Waals surface area contributed by atoms with E-state index in [1.165, 1.54) is 11.1 Å². The Labute approximate surface area is 143 Å². The van der Waals surface area contributed by atoms with Gasteiger partial charge >= 0.3 is 0 Å². The van der Waals surface area contributed by atoms with E-state index in [1.807, 2.05) is 19.1 Å². The van der Waals surface area contributed by atoms with Crippen LogP contribution in [0.1, 0.15) is 24.5 Å². The highest BCUT2D eigenvalue weighted by Gasteiger charge is 2.42. The summed E-state index contributed by atoms with van der Waals surface area (Å²) >= 11 is 0. The number of β-amino-alcohol motifs (C(OH)–C–C–N with tert-alkyl or cyclic N) is 1. The quantitative estimate of drug-likeness (QED) is 0.872. The summed E-state index contributed by atoms with van der Waals surface area (Å²) < 4.78 is 10.7. The van der Waals surface area contributed by atoms with Crippen LogP contribution in [0.4, 0.5) is 0 Å². The molecule has 0 unspecified atom stereocenters. The molecular weight excluding hydrogens is 308 g/mol. The Kier molecular flexibility index (Phi) is 4.69. The molecule has 24 heavy (non-hydrogen) atoms. The number of carbonyl (C=O) groups is 1. The molecule has 6 heteroatoms. The van der Waals surface area contributed by atoms with Crippen LogP contribution >= 0.6 is 0 Å². The van der Waals surface area contributed by atoms with E-state index < -0.39 is 5.60 Å². The second-order valence-corrected chi connectivity index (χ2v) is 6.76. The van der Waals surface area contributed by atoms with Gasteiger partial charge in [-0.05, 0) is 36.1 Å². The lowest BCUT2D eigenvalue weighted by Crippen LogP contribution is -2.64. The van der Waals surface area contributed by atoms with E-state index >= 15 is 0 Å². The van der Waals surface area contributed by atoms with Crippen molar-refractivity contribution in [1.29, 1.82) is 0 Å². The van der Waals surface area contributed by atoms with Crippen LogP contribution in [-0.4, -0.2) is 66.8 Å². The second kappa shape index (κ2) is 6.61. The lowest BCUT2D eigenvalue weighted by molar-refractivity contribution is -0.157. The summed E-state index contributed by atoms with van der Waals surface area (Å²) in [6.07, 6.45) is 1.58. The Balaban J connectivity index is 1.62. The smallest absolute Gasteiger partial charge is 0.236 e. The number of carbonyl (C=O) groups excluding carboxylic acids is 1. The number of nitrogens with zero attached hydrogens (tertiary/aromatic N) is 2. The summed E-state index contributed by atoms with van der Waals surface area (Å²) in [5.74, 6) is 1.57. The number of benzene rings is 1. The van der Waals surface area contributed by atoms with Gasteiger partial charge in [0.1, 0.15) is 0 Å². The average Bonchev–Trinajstić information content (AvgIpc) is 2.57. The van der Waals surface area contributed by atoms with Gasteiger partial charge in [0.05, 0.1) is 39.5 Å². The van der Waals surface area contributed by atoms with Crippen molar-refractivity contribution in [2.75, 3.05) is 40.4 Å². The van der Waals surface area contributed by atoms with Gasteiger partial charge in [-0.25, -0.2) is 0 Å². The molecule has 0 aliphatic carbocycles. The summed E-state index contributed by atoms with van der Waals surface area (Å²) in [7, 11) is 3.27. The van der Waals surface area contributed by atoms with E-state index in [4.69, 9.17) is 9.47 Å². The predicted octanol–water partition coefficient (Wildman–Crippen LogP) is 1.05. The van der Waals surface area contributed by atoms with E-state index in [9.17, 15) is 9.90 Å². The molecule has 0 atom stereocenters. The first-order valence-corrected chi connectivity index (χ1v) is 8.44. The second-order valence-electron chi connectivity index (χ2n) is 6.76. The molecule has 2 heterocycles. The first-order chi connectivity index (χ1) is 11.5. The number of likely N-dealkylation sites (tertiary alicyclic amines) is 1. The molecule has 0 aromatic heterocycles. The zero-order chi connectivity index (χ0) is 17.3. The Morgan fingerprint density at radius 3 is 2.42 bits per heavy atom. The van der Waals surface area contributed by atoms with Gasteiger partial charge in [0, 0.05) is 13.1 Å². The average molecular weight is 334 g/mol. The highest BCUT2D eigenvalue weighted by Crippen LogP contribution is 2.33. The zero-order valence-electron chi connectivity index (χ0n) is 14.7. The van der Waals surface area contributed by atoms with Crippen molar-refractivity contribution in [1.82, 2.24) is 9.80 Å². The van der Waals surface area contributed by atoms with Gasteiger partial charge in [-0.1, -0.05) is 6.92 Å². The van der Waals surface area contributed by atoms with Crippen molar-refractivity contribution in [3.63, 3.8) is 0 Å². The third-order valence-electron chi connectivity index (χ3n) is 5.14. The van der Waals surface area contributed by atoms with Gasteiger partial charge in [-0.15, -0.1) is 0 Å². The van der Waals surface area contributed by atoms with E-state index in [0.29, 0.717) is 26.1 Å². The van der Waals surface area contributed by atoms with E-state index in [2.05, 4.69) is 4.90 Å². The van der Waals surface area contributed by atoms with Gasteiger partial charge in [0.2, 0.25) is 5.91 Å². The molecule has 3 rings (SSSR count). The van der Waals surface area contributed by atoms with Gasteiger partial charge < -0.3 is 19.5 Å². The molecule has 1 fully saturated rings. The molecule has 0 spiro atoms. The first kappa shape index (κ1) is 17.0. The number of rotatable bonds is 5. The molecule has 1 saturated heterocycles. The third-order valence-corrected chi connectivity index (χ3v) is 5.14. The van der Waals surface area contributed by atoms with E-state index in [1.54, 1.807) is 19.1 Å². The SMILES string of the molecule is CCC1(O)CN(C(=O)CN2CCc3cc(OC)c(OC)cc3C2)C1. The normalized spacial score (nSPS) is 19.4. The minimum atomic E-state index is -0.673. The molecule has 1 aromatic rings. The van der Waals surface area contributed by atoms with Crippen molar-refractivity contribution >= 4 is 5.91 Å². The Morgan fingerprint density at radius 1 is 1.21 bits per heavy atom. The largest absolute Gasteiger partial charge is 0.493 e. The Morgan fingerprint density at radius 2 is 1.83 bits per heavy atom. The summed E-state index contributed by atoms with van der Waals surface area (Å²) in [5, 5.41) is 10.0. The monoisotopic (exact) mass is 334 g/mol. The number of amides is 1. The molecule has 0 bridgehead atoms. The van der Waals surface area contributed by atoms with Crippen LogP contribution in [0.5, 0.6) is 11.5 Å². The van der Waals surface area contributed by atoms with Gasteiger partial charge in [0.15, 0.2) is 11.5 Å². The maximum Gasteiger partial charge on any atom is 0.236 e. The number of fused-ring (bicyclic) bond motifs is 1. The summed E-state index contributed by atoms with van der Waals surface area (Å²) in [6.45, 7) is 4.83. The van der Waals surface area contributed by atoms with Crippen LogP contribution in [0.25, 0.3) is 0 Å². The van der Waals surface area contributed by atoms with E-state index in [0.717, 1.165) is 31.0 Å². The van der Waals surface area contributed by atoms with Crippen LogP contribution < -0.4 is 9.47 Å². The molecule has 2 aliphatic rings. The highest BCUT2D eigenvalue weighted by molar-refractivity contribution is 5.79. The van der Waals surface area contributed by atoms with Crippen LogP contribution in [0.15, 0.2) is 12.1 Å². The Hall–Kier alpha value is -1.79. The van der Waals surface area contributed by atoms with E-state index in [-0.39, 0.29) is 5.91 Å². The molecule has 2 aliphatic heterocycles. The topological polar surface area (TPSA) is 62.2 Å². The standard InChI is InChI=1S/C18H26N2O4/c1-4-18(22)11-20(12-18)17(21)10-19-6-5-13-7-15(23-2)16(24-3)8-14(13)9-19/h7-8,22H,4-6,9-12H2,1-3H3. The number of ether oxygens (including phenoxy) is 2. The van der Waals surface area contributed by atoms with Crippen molar-refractivity contribution < 1.29 is 19.4 Å². The molecular formula is C18H26N2O4. The molecule has 1 aromatic carbocycles. The molecule has 1 amide bonds. The van der Waals surface area contributed by atoms with Crippen LogP contribution in [-0.2, 0) is 17.8 Å². The highest BCUT2D eigenvalue weighted by atomic mass is 16.5. The maximum absolute atomic E-state index is 12.4. The fraction of sp³-hybridized carbons (Fsp3) is 0.611. The number of aliphatic hydroxyl groups is 1. The fourth-order valence-corrected chi connectivity index (χ4v) is 3.43. The minimum absolute atomic E-state index is 0.0945. The summed E-state index contributed by atoms with van der Waals surface area (Å²) in [4.78, 5) is 16.3. The van der Waals surface area contributed by atoms with Crippen LogP contribution in [0.2, 0.25) is 0 Å². The zero-order valence-corrected chi connectivity index (χ0v) is 14.7.